The number of nitrogens with one attached hydrogen (secondary N) is 1. The predicted octanol–water partition coefficient (Wildman–Crippen LogP) is 3.22. The van der Waals surface area contributed by atoms with Crippen LogP contribution in [0.1, 0.15) is 23.2 Å². The first-order chi connectivity index (χ1) is 15.6. The largest absolute Gasteiger partial charge is 0.342 e. The van der Waals surface area contributed by atoms with Gasteiger partial charge in [0.1, 0.15) is 6.04 Å². The Hall–Kier alpha value is -3.67. The maximum absolute atomic E-state index is 13.4. The zero-order valence-corrected chi connectivity index (χ0v) is 17.7. The van der Waals surface area contributed by atoms with Crippen molar-refractivity contribution in [2.45, 2.75) is 18.9 Å². The average Bonchev–Trinajstić information content (AvgIpc) is 3.48. The summed E-state index contributed by atoms with van der Waals surface area (Å²) in [4.78, 5) is 43.2. The number of carbonyl (C=O) groups is 3. The lowest BCUT2D eigenvalue weighted by atomic mass is 10.0. The average molecular weight is 428 g/mol. The van der Waals surface area contributed by atoms with Gasteiger partial charge >= 0.3 is 0 Å². The van der Waals surface area contributed by atoms with Crippen molar-refractivity contribution < 1.29 is 14.4 Å². The number of hydrogen-bond donors (Lipinski definition) is 1. The van der Waals surface area contributed by atoms with Crippen molar-refractivity contribution in [3.8, 4) is 0 Å². The van der Waals surface area contributed by atoms with E-state index in [-0.39, 0.29) is 24.3 Å². The number of fused-ring (bicyclic) bond motifs is 1. The topological polar surface area (TPSA) is 69.7 Å². The van der Waals surface area contributed by atoms with Gasteiger partial charge in [-0.25, -0.2) is 0 Å². The van der Waals surface area contributed by atoms with Crippen LogP contribution in [-0.4, -0.2) is 48.3 Å². The van der Waals surface area contributed by atoms with Crippen LogP contribution in [0.2, 0.25) is 0 Å². The fraction of sp³-hybridized carbons (Fsp3) is 0.269. The Morgan fingerprint density at radius 3 is 2.28 bits per heavy atom. The Morgan fingerprint density at radius 1 is 0.844 bits per heavy atom. The highest BCUT2D eigenvalue weighted by Gasteiger charge is 2.47. The van der Waals surface area contributed by atoms with E-state index in [1.807, 2.05) is 71.6 Å². The first-order valence-corrected chi connectivity index (χ1v) is 11.1. The normalized spacial score (nSPS) is 20.7. The number of rotatable bonds is 4. The summed E-state index contributed by atoms with van der Waals surface area (Å²) in [6.45, 7) is 1.68. The van der Waals surface area contributed by atoms with Crippen LogP contribution in [0.25, 0.3) is 10.8 Å². The standard InChI is InChI=1S/C26H25N3O3/c30-24(20-13-12-18-8-4-5-9-19(18)16-20)27-23-22(25(31)28-14-6-7-15-28)17-29(26(23)32)21-10-2-1-3-11-21/h1-5,8-13,16,22-23H,6-7,14-15,17H2,(H,27,30)/t22-,23-/m0/s1. The monoisotopic (exact) mass is 427 g/mol. The summed E-state index contributed by atoms with van der Waals surface area (Å²) in [5.74, 6) is -1.26. The summed E-state index contributed by atoms with van der Waals surface area (Å²) >= 11 is 0. The molecule has 2 atom stereocenters. The third kappa shape index (κ3) is 3.73. The van der Waals surface area contributed by atoms with E-state index >= 15 is 0 Å². The number of nitrogens with zero attached hydrogens (tertiary/aromatic N) is 2. The lowest BCUT2D eigenvalue weighted by molar-refractivity contribution is -0.135. The van der Waals surface area contributed by atoms with Crippen molar-refractivity contribution in [2.24, 2.45) is 5.92 Å². The molecule has 3 amide bonds. The fourth-order valence-corrected chi connectivity index (χ4v) is 4.68. The Kier molecular flexibility index (Phi) is 5.35. The van der Waals surface area contributed by atoms with Crippen LogP contribution in [0.3, 0.4) is 0 Å². The third-order valence-corrected chi connectivity index (χ3v) is 6.41. The number of likely N-dealkylation sites (tertiary alicyclic amines) is 1. The van der Waals surface area contributed by atoms with E-state index in [0.717, 1.165) is 29.3 Å². The summed E-state index contributed by atoms with van der Waals surface area (Å²) in [5.41, 5.74) is 1.21. The van der Waals surface area contributed by atoms with Gasteiger partial charge in [-0.2, -0.15) is 0 Å². The van der Waals surface area contributed by atoms with Crippen molar-refractivity contribution >= 4 is 34.2 Å². The summed E-state index contributed by atoms with van der Waals surface area (Å²) in [5, 5.41) is 4.88. The highest BCUT2D eigenvalue weighted by Crippen LogP contribution is 2.28. The van der Waals surface area contributed by atoms with Crippen LogP contribution < -0.4 is 10.2 Å². The molecule has 2 fully saturated rings. The van der Waals surface area contributed by atoms with Crippen LogP contribution in [0.5, 0.6) is 0 Å². The van der Waals surface area contributed by atoms with Crippen LogP contribution in [0.4, 0.5) is 5.69 Å². The maximum Gasteiger partial charge on any atom is 0.251 e. The molecule has 3 aromatic carbocycles. The van der Waals surface area contributed by atoms with Crippen LogP contribution >= 0.6 is 0 Å². The summed E-state index contributed by atoms with van der Waals surface area (Å²) in [6.07, 6.45) is 1.95. The van der Waals surface area contributed by atoms with Crippen molar-refractivity contribution in [2.75, 3.05) is 24.5 Å². The minimum atomic E-state index is -0.887. The van der Waals surface area contributed by atoms with Crippen molar-refractivity contribution in [1.29, 1.82) is 0 Å². The smallest absolute Gasteiger partial charge is 0.251 e. The Balaban J connectivity index is 1.43. The molecule has 0 aromatic heterocycles. The molecule has 2 heterocycles. The number of hydrogen-bond acceptors (Lipinski definition) is 3. The van der Waals surface area contributed by atoms with Gasteiger partial charge in [-0.3, -0.25) is 14.4 Å². The van der Waals surface area contributed by atoms with E-state index < -0.39 is 12.0 Å². The second-order valence-corrected chi connectivity index (χ2v) is 8.44. The molecule has 0 bridgehead atoms. The fourth-order valence-electron chi connectivity index (χ4n) is 4.68. The molecule has 0 unspecified atom stereocenters. The Labute approximate surface area is 186 Å². The van der Waals surface area contributed by atoms with E-state index in [1.165, 1.54) is 0 Å². The van der Waals surface area contributed by atoms with Gasteiger partial charge in [0.15, 0.2) is 0 Å². The molecule has 2 saturated heterocycles. The molecule has 1 N–H and O–H groups in total. The molecular formula is C26H25N3O3. The van der Waals surface area contributed by atoms with Crippen molar-refractivity contribution in [1.82, 2.24) is 10.2 Å². The highest BCUT2D eigenvalue weighted by atomic mass is 16.2. The second-order valence-electron chi connectivity index (χ2n) is 8.44. The van der Waals surface area contributed by atoms with E-state index in [1.54, 1.807) is 11.0 Å². The van der Waals surface area contributed by atoms with Gasteiger partial charge in [0.2, 0.25) is 11.8 Å². The van der Waals surface area contributed by atoms with Gasteiger partial charge in [0.05, 0.1) is 5.92 Å². The van der Waals surface area contributed by atoms with Gasteiger partial charge in [-0.15, -0.1) is 0 Å². The summed E-state index contributed by atoms with van der Waals surface area (Å²) in [6, 6.07) is 21.7. The van der Waals surface area contributed by atoms with E-state index in [0.29, 0.717) is 18.7 Å². The molecule has 2 aliphatic rings. The van der Waals surface area contributed by atoms with Gasteiger partial charge < -0.3 is 15.1 Å². The molecule has 0 aliphatic carbocycles. The summed E-state index contributed by atoms with van der Waals surface area (Å²) in [7, 11) is 0. The van der Waals surface area contributed by atoms with E-state index in [2.05, 4.69) is 5.32 Å². The first kappa shape index (κ1) is 20.2. The molecule has 6 nitrogen and oxygen atoms in total. The minimum Gasteiger partial charge on any atom is -0.342 e. The number of carbonyl (C=O) groups excluding carboxylic acids is 3. The quantitative estimate of drug-likeness (QED) is 0.695. The van der Waals surface area contributed by atoms with Crippen molar-refractivity contribution in [3.63, 3.8) is 0 Å². The van der Waals surface area contributed by atoms with Crippen LogP contribution in [0.15, 0.2) is 72.8 Å². The third-order valence-electron chi connectivity index (χ3n) is 6.41. The highest BCUT2D eigenvalue weighted by molar-refractivity contribution is 6.08. The first-order valence-electron chi connectivity index (χ1n) is 11.1. The zero-order valence-electron chi connectivity index (χ0n) is 17.7. The van der Waals surface area contributed by atoms with Crippen LogP contribution in [0, 0.1) is 5.92 Å². The molecule has 0 radical (unpaired) electrons. The molecule has 3 aromatic rings. The molecule has 6 heteroatoms. The number of benzene rings is 3. The number of para-hydroxylation sites is 1. The number of amides is 3. The Morgan fingerprint density at radius 2 is 1.53 bits per heavy atom. The van der Waals surface area contributed by atoms with Gasteiger partial charge in [0.25, 0.3) is 5.91 Å². The van der Waals surface area contributed by atoms with Gasteiger partial charge in [-0.05, 0) is 47.9 Å². The zero-order chi connectivity index (χ0) is 22.1. The molecule has 32 heavy (non-hydrogen) atoms. The SMILES string of the molecule is O=C(N[C@@H]1C(=O)N(c2ccccc2)C[C@@H]1C(=O)N1CCCC1)c1ccc2ccccc2c1. The molecular weight excluding hydrogens is 402 g/mol. The van der Waals surface area contributed by atoms with E-state index in [4.69, 9.17) is 0 Å². The number of anilines is 1. The lowest BCUT2D eigenvalue weighted by Gasteiger charge is -2.23. The summed E-state index contributed by atoms with van der Waals surface area (Å²) < 4.78 is 0. The predicted molar refractivity (Wildman–Crippen MR) is 123 cm³/mol. The molecule has 2 aliphatic heterocycles. The molecule has 0 spiro atoms. The van der Waals surface area contributed by atoms with Gasteiger partial charge in [0, 0.05) is 30.9 Å². The molecule has 5 rings (SSSR count). The second kappa shape index (κ2) is 8.46. The van der Waals surface area contributed by atoms with E-state index in [9.17, 15) is 14.4 Å². The Bertz CT molecular complexity index is 1170. The maximum atomic E-state index is 13.4. The van der Waals surface area contributed by atoms with Gasteiger partial charge in [-0.1, -0.05) is 48.5 Å². The lowest BCUT2D eigenvalue weighted by Crippen LogP contribution is -2.48. The molecule has 162 valence electrons. The van der Waals surface area contributed by atoms with Crippen molar-refractivity contribution in [3.05, 3.63) is 78.4 Å². The molecule has 0 saturated carbocycles. The minimum absolute atomic E-state index is 0.0573. The van der Waals surface area contributed by atoms with Crippen LogP contribution in [-0.2, 0) is 9.59 Å².